The lowest BCUT2D eigenvalue weighted by Crippen LogP contribution is -2.27. The largest absolute Gasteiger partial charge is 0.360 e. The summed E-state index contributed by atoms with van der Waals surface area (Å²) in [5, 5.41) is 0. The van der Waals surface area contributed by atoms with Gasteiger partial charge in [0.25, 0.3) is 0 Å². The summed E-state index contributed by atoms with van der Waals surface area (Å²) in [7, 11) is 0. The van der Waals surface area contributed by atoms with Gasteiger partial charge < -0.3 is 4.90 Å². The smallest absolute Gasteiger partial charge is 0.120 e. The zero-order valence-electron chi connectivity index (χ0n) is 10.0. The fraction of sp³-hybridized carbons (Fsp3) is 0.125. The zero-order valence-corrected chi connectivity index (χ0v) is 10.0. The van der Waals surface area contributed by atoms with E-state index in [0.29, 0.717) is 6.54 Å². The topological polar surface area (TPSA) is 3.24 Å². The van der Waals surface area contributed by atoms with Gasteiger partial charge in [0.2, 0.25) is 0 Å². The summed E-state index contributed by atoms with van der Waals surface area (Å²) in [5.41, 5.74) is 3.25. The Labute approximate surface area is 106 Å². The summed E-state index contributed by atoms with van der Waals surface area (Å²) >= 11 is 0. The Morgan fingerprint density at radius 3 is 2.50 bits per heavy atom. The molecule has 0 radical (unpaired) electrons. The van der Waals surface area contributed by atoms with Crippen LogP contribution in [0.5, 0.6) is 0 Å². The molecule has 0 spiro atoms. The number of para-hydroxylation sites is 1. The second-order valence-corrected chi connectivity index (χ2v) is 4.49. The van der Waals surface area contributed by atoms with E-state index in [1.54, 1.807) is 6.08 Å². The maximum Gasteiger partial charge on any atom is 0.120 e. The molecule has 1 aliphatic heterocycles. The normalized spacial score (nSPS) is 14.1. The molecule has 1 heterocycles. The van der Waals surface area contributed by atoms with Gasteiger partial charge in [-0.05, 0) is 17.7 Å². The molecule has 1 aliphatic rings. The van der Waals surface area contributed by atoms with Gasteiger partial charge in [0, 0.05) is 17.8 Å². The fourth-order valence-electron chi connectivity index (χ4n) is 2.32. The summed E-state index contributed by atoms with van der Waals surface area (Å²) in [4.78, 5) is 2.07. The van der Waals surface area contributed by atoms with E-state index in [1.807, 2.05) is 42.5 Å². The van der Waals surface area contributed by atoms with Crippen molar-refractivity contribution in [3.63, 3.8) is 0 Å². The fourth-order valence-corrected chi connectivity index (χ4v) is 2.32. The summed E-state index contributed by atoms with van der Waals surface area (Å²) in [5.74, 6) is -0.0790. The van der Waals surface area contributed by atoms with E-state index in [2.05, 4.69) is 17.0 Å². The molecule has 0 bridgehead atoms. The molecule has 3 rings (SSSR count). The highest BCUT2D eigenvalue weighted by molar-refractivity contribution is 5.72. The Hall–Kier alpha value is -2.09. The van der Waals surface area contributed by atoms with Crippen LogP contribution in [0.2, 0.25) is 0 Å². The van der Waals surface area contributed by atoms with E-state index in [4.69, 9.17) is 0 Å². The number of hydrogen-bond donors (Lipinski definition) is 0. The third-order valence-electron chi connectivity index (χ3n) is 3.15. The molecule has 1 nitrogen and oxygen atoms in total. The summed E-state index contributed by atoms with van der Waals surface area (Å²) in [6.07, 6.45) is 1.62. The monoisotopic (exact) mass is 239 g/mol. The third kappa shape index (κ3) is 2.14. The molecule has 0 N–H and O–H groups in total. The van der Waals surface area contributed by atoms with E-state index in [1.165, 1.54) is 5.56 Å². The molecule has 0 fully saturated rings. The highest BCUT2D eigenvalue weighted by atomic mass is 19.1. The summed E-state index contributed by atoms with van der Waals surface area (Å²) < 4.78 is 13.6. The molecule has 0 aromatic heterocycles. The minimum Gasteiger partial charge on any atom is -0.360 e. The van der Waals surface area contributed by atoms with Crippen molar-refractivity contribution in [3.8, 4) is 0 Å². The Bertz CT molecular complexity index is 575. The second kappa shape index (κ2) is 4.65. The van der Waals surface area contributed by atoms with E-state index in [-0.39, 0.29) is 5.83 Å². The quantitative estimate of drug-likeness (QED) is 0.765. The van der Waals surface area contributed by atoms with Crippen LogP contribution in [-0.4, -0.2) is 6.54 Å². The maximum atomic E-state index is 13.6. The molecule has 90 valence electrons. The number of hydrogen-bond acceptors (Lipinski definition) is 1. The lowest BCUT2D eigenvalue weighted by Gasteiger charge is -2.29. The lowest BCUT2D eigenvalue weighted by atomic mass is 10.1. The molecular weight excluding hydrogens is 225 g/mol. The maximum absolute atomic E-state index is 13.6. The van der Waals surface area contributed by atoms with Crippen LogP contribution in [0.15, 0.2) is 60.4 Å². The Balaban J connectivity index is 1.92. The van der Waals surface area contributed by atoms with Crippen molar-refractivity contribution in [3.05, 3.63) is 71.6 Å². The number of benzene rings is 2. The summed E-state index contributed by atoms with van der Waals surface area (Å²) in [6.45, 7) is 1.09. The Morgan fingerprint density at radius 1 is 0.944 bits per heavy atom. The van der Waals surface area contributed by atoms with Crippen LogP contribution in [0, 0.1) is 0 Å². The second-order valence-electron chi connectivity index (χ2n) is 4.49. The molecule has 2 aromatic carbocycles. The lowest BCUT2D eigenvalue weighted by molar-refractivity contribution is 0.601. The van der Waals surface area contributed by atoms with Crippen molar-refractivity contribution in [2.24, 2.45) is 0 Å². The van der Waals surface area contributed by atoms with Crippen LogP contribution in [0.25, 0.3) is 6.08 Å². The number of anilines is 1. The van der Waals surface area contributed by atoms with Crippen LogP contribution in [-0.2, 0) is 6.54 Å². The standard InChI is InChI=1S/C16H14FN/c17-15-10-14-8-4-5-9-16(14)18(12-15)11-13-6-2-1-3-7-13/h1-10H,11-12H2. The van der Waals surface area contributed by atoms with E-state index >= 15 is 0 Å². The average Bonchev–Trinajstić information content (AvgIpc) is 2.40. The number of halogens is 1. The number of rotatable bonds is 2. The summed E-state index contributed by atoms with van der Waals surface area (Å²) in [6, 6.07) is 18.1. The molecule has 2 aromatic rings. The Morgan fingerprint density at radius 2 is 1.67 bits per heavy atom. The molecule has 2 heteroatoms. The van der Waals surface area contributed by atoms with Crippen molar-refractivity contribution in [2.45, 2.75) is 6.54 Å². The highest BCUT2D eigenvalue weighted by Crippen LogP contribution is 2.29. The molecule has 0 aliphatic carbocycles. The predicted octanol–water partition coefficient (Wildman–Crippen LogP) is 4.02. The van der Waals surface area contributed by atoms with Gasteiger partial charge in [-0.15, -0.1) is 0 Å². The van der Waals surface area contributed by atoms with Gasteiger partial charge in [0.1, 0.15) is 5.83 Å². The molecule has 0 saturated carbocycles. The minimum atomic E-state index is -0.0790. The first-order valence-corrected chi connectivity index (χ1v) is 6.07. The van der Waals surface area contributed by atoms with Gasteiger partial charge in [-0.25, -0.2) is 4.39 Å². The van der Waals surface area contributed by atoms with Crippen LogP contribution in [0.3, 0.4) is 0 Å². The van der Waals surface area contributed by atoms with Crippen molar-refractivity contribution in [1.29, 1.82) is 0 Å². The molecule has 18 heavy (non-hydrogen) atoms. The zero-order chi connectivity index (χ0) is 12.4. The van der Waals surface area contributed by atoms with Crippen LogP contribution < -0.4 is 4.90 Å². The van der Waals surface area contributed by atoms with Crippen molar-refractivity contribution >= 4 is 11.8 Å². The Kier molecular flexibility index (Phi) is 2.85. The van der Waals surface area contributed by atoms with Crippen LogP contribution >= 0.6 is 0 Å². The molecule has 0 unspecified atom stereocenters. The first-order valence-electron chi connectivity index (χ1n) is 6.07. The van der Waals surface area contributed by atoms with Crippen molar-refractivity contribution in [2.75, 3.05) is 11.4 Å². The highest BCUT2D eigenvalue weighted by Gasteiger charge is 2.17. The molecule has 0 atom stereocenters. The third-order valence-corrected chi connectivity index (χ3v) is 3.15. The van der Waals surface area contributed by atoms with Gasteiger partial charge in [-0.3, -0.25) is 0 Å². The molecular formula is C16H14FN. The first kappa shape index (κ1) is 11.0. The van der Waals surface area contributed by atoms with Gasteiger partial charge in [-0.2, -0.15) is 0 Å². The van der Waals surface area contributed by atoms with E-state index < -0.39 is 0 Å². The molecule has 0 saturated heterocycles. The van der Waals surface area contributed by atoms with Gasteiger partial charge in [0.05, 0.1) is 6.54 Å². The average molecular weight is 239 g/mol. The SMILES string of the molecule is FC1=Cc2ccccc2N(Cc2ccccc2)C1. The van der Waals surface area contributed by atoms with Crippen LogP contribution in [0.1, 0.15) is 11.1 Å². The van der Waals surface area contributed by atoms with Crippen molar-refractivity contribution < 1.29 is 4.39 Å². The number of fused-ring (bicyclic) bond motifs is 1. The number of nitrogens with zero attached hydrogens (tertiary/aromatic N) is 1. The van der Waals surface area contributed by atoms with E-state index in [0.717, 1.165) is 17.8 Å². The molecule has 0 amide bonds. The van der Waals surface area contributed by atoms with Gasteiger partial charge in [0.15, 0.2) is 0 Å². The minimum absolute atomic E-state index is 0.0790. The predicted molar refractivity (Wildman–Crippen MR) is 73.0 cm³/mol. The van der Waals surface area contributed by atoms with Gasteiger partial charge in [-0.1, -0.05) is 48.5 Å². The van der Waals surface area contributed by atoms with Crippen molar-refractivity contribution in [1.82, 2.24) is 0 Å². The van der Waals surface area contributed by atoms with Gasteiger partial charge >= 0.3 is 0 Å². The van der Waals surface area contributed by atoms with Crippen LogP contribution in [0.4, 0.5) is 10.1 Å². The first-order chi connectivity index (χ1) is 8.83. The van der Waals surface area contributed by atoms with E-state index in [9.17, 15) is 4.39 Å².